The number of alkyl halides is 3. The van der Waals surface area contributed by atoms with Gasteiger partial charge in [-0.25, -0.2) is 0 Å². The lowest BCUT2D eigenvalue weighted by Crippen LogP contribution is -2.01. The molecule has 0 saturated heterocycles. The lowest BCUT2D eigenvalue weighted by molar-refractivity contribution is -0.0697. The third-order valence-electron chi connectivity index (χ3n) is 3.77. The van der Waals surface area contributed by atoms with Crippen molar-refractivity contribution in [1.82, 2.24) is 0 Å². The summed E-state index contributed by atoms with van der Waals surface area (Å²) in [5.41, 5.74) is 0. The smallest absolute Gasteiger partial charge is 0.396 e. The SMILES string of the molecule is OCCCOCCCCCCCCCCCCCC#CC(F)(F)F. The van der Waals surface area contributed by atoms with E-state index in [0.717, 1.165) is 38.7 Å². The summed E-state index contributed by atoms with van der Waals surface area (Å²) in [6.45, 7) is 1.66. The summed E-state index contributed by atoms with van der Waals surface area (Å²) in [5, 5.41) is 8.60. The summed E-state index contributed by atoms with van der Waals surface area (Å²) in [5.74, 6) is 3.49. The number of halogens is 3. The summed E-state index contributed by atoms with van der Waals surface area (Å²) >= 11 is 0. The predicted octanol–water partition coefficient (Wildman–Crippen LogP) is 5.63. The van der Waals surface area contributed by atoms with Gasteiger partial charge in [0.25, 0.3) is 0 Å². The first kappa shape index (κ1) is 23.3. The van der Waals surface area contributed by atoms with Gasteiger partial charge in [0.15, 0.2) is 0 Å². The maximum Gasteiger partial charge on any atom is 0.457 e. The van der Waals surface area contributed by atoms with Crippen LogP contribution in [0.15, 0.2) is 0 Å². The van der Waals surface area contributed by atoms with Gasteiger partial charge in [-0.2, -0.15) is 13.2 Å². The van der Waals surface area contributed by atoms with Gasteiger partial charge < -0.3 is 9.84 Å². The maximum absolute atomic E-state index is 11.8. The highest BCUT2D eigenvalue weighted by atomic mass is 19.4. The monoisotopic (exact) mass is 350 g/mol. The van der Waals surface area contributed by atoms with Crippen LogP contribution in [0.5, 0.6) is 0 Å². The molecule has 0 aliphatic carbocycles. The molecule has 2 nitrogen and oxygen atoms in total. The number of aliphatic hydroxyl groups is 1. The van der Waals surface area contributed by atoms with Crippen molar-refractivity contribution < 1.29 is 23.0 Å². The Morgan fingerprint density at radius 3 is 1.62 bits per heavy atom. The first-order chi connectivity index (χ1) is 11.6. The minimum atomic E-state index is -4.34. The van der Waals surface area contributed by atoms with Crippen molar-refractivity contribution in [3.8, 4) is 11.8 Å². The normalized spacial score (nSPS) is 11.3. The minimum absolute atomic E-state index is 0.201. The fraction of sp³-hybridized carbons (Fsp3) is 0.895. The molecule has 0 amide bonds. The van der Waals surface area contributed by atoms with E-state index in [2.05, 4.69) is 5.92 Å². The maximum atomic E-state index is 11.8. The number of hydrogen-bond acceptors (Lipinski definition) is 2. The molecule has 142 valence electrons. The van der Waals surface area contributed by atoms with Gasteiger partial charge >= 0.3 is 6.18 Å². The van der Waals surface area contributed by atoms with Crippen molar-refractivity contribution in [1.29, 1.82) is 0 Å². The average molecular weight is 350 g/mol. The van der Waals surface area contributed by atoms with Crippen LogP contribution in [0.4, 0.5) is 13.2 Å². The van der Waals surface area contributed by atoms with E-state index < -0.39 is 6.18 Å². The lowest BCUT2D eigenvalue weighted by atomic mass is 10.1. The molecule has 0 aliphatic rings. The molecule has 0 spiro atoms. The fourth-order valence-corrected chi connectivity index (χ4v) is 2.44. The van der Waals surface area contributed by atoms with E-state index in [9.17, 15) is 13.2 Å². The molecular weight excluding hydrogens is 317 g/mol. The van der Waals surface area contributed by atoms with Crippen LogP contribution in [0.3, 0.4) is 0 Å². The van der Waals surface area contributed by atoms with Gasteiger partial charge in [0.1, 0.15) is 0 Å². The van der Waals surface area contributed by atoms with Gasteiger partial charge in [-0.3, -0.25) is 0 Å². The molecule has 0 atom stereocenters. The number of aliphatic hydroxyl groups excluding tert-OH is 1. The van der Waals surface area contributed by atoms with Crippen LogP contribution in [0.2, 0.25) is 0 Å². The molecule has 24 heavy (non-hydrogen) atoms. The highest BCUT2D eigenvalue weighted by molar-refractivity contribution is 5.04. The zero-order chi connectivity index (χ0) is 17.9. The van der Waals surface area contributed by atoms with Gasteiger partial charge in [0.2, 0.25) is 0 Å². The molecule has 0 unspecified atom stereocenters. The molecule has 0 radical (unpaired) electrons. The van der Waals surface area contributed by atoms with Crippen molar-refractivity contribution in [3.63, 3.8) is 0 Å². The molecule has 5 heteroatoms. The summed E-state index contributed by atoms with van der Waals surface area (Å²) in [6.07, 6.45) is 9.31. The molecule has 0 bridgehead atoms. The number of hydrogen-bond donors (Lipinski definition) is 1. The molecular formula is C19H33F3O2. The van der Waals surface area contributed by atoms with E-state index in [4.69, 9.17) is 9.84 Å². The fourth-order valence-electron chi connectivity index (χ4n) is 2.44. The highest BCUT2D eigenvalue weighted by Crippen LogP contribution is 2.13. The van der Waals surface area contributed by atoms with Crippen LogP contribution < -0.4 is 0 Å². The summed E-state index contributed by atoms with van der Waals surface area (Å²) in [6, 6.07) is 0. The van der Waals surface area contributed by atoms with Crippen LogP contribution in [0.25, 0.3) is 0 Å². The molecule has 0 aliphatic heterocycles. The van der Waals surface area contributed by atoms with Crippen LogP contribution in [-0.2, 0) is 4.74 Å². The quantitative estimate of drug-likeness (QED) is 0.289. The van der Waals surface area contributed by atoms with Crippen molar-refractivity contribution in [3.05, 3.63) is 0 Å². The van der Waals surface area contributed by atoms with Crippen LogP contribution in [-0.4, -0.2) is 31.1 Å². The van der Waals surface area contributed by atoms with Crippen molar-refractivity contribution >= 4 is 0 Å². The Morgan fingerprint density at radius 1 is 0.667 bits per heavy atom. The minimum Gasteiger partial charge on any atom is -0.396 e. The van der Waals surface area contributed by atoms with E-state index in [1.165, 1.54) is 50.9 Å². The molecule has 0 fully saturated rings. The van der Waals surface area contributed by atoms with Crippen molar-refractivity contribution in [2.45, 2.75) is 89.6 Å². The number of rotatable bonds is 16. The van der Waals surface area contributed by atoms with E-state index >= 15 is 0 Å². The molecule has 0 aromatic heterocycles. The van der Waals surface area contributed by atoms with Crippen molar-refractivity contribution in [2.75, 3.05) is 19.8 Å². The predicted molar refractivity (Wildman–Crippen MR) is 91.8 cm³/mol. The van der Waals surface area contributed by atoms with Crippen molar-refractivity contribution in [2.24, 2.45) is 0 Å². The Kier molecular flexibility index (Phi) is 16.6. The van der Waals surface area contributed by atoms with Crippen LogP contribution in [0.1, 0.15) is 83.5 Å². The van der Waals surface area contributed by atoms with E-state index in [-0.39, 0.29) is 6.61 Å². The van der Waals surface area contributed by atoms with Gasteiger partial charge in [-0.15, -0.1) is 0 Å². The zero-order valence-corrected chi connectivity index (χ0v) is 14.8. The Labute approximate surface area is 145 Å². The third-order valence-corrected chi connectivity index (χ3v) is 3.77. The standard InChI is InChI=1S/C19H33F3O2/c20-19(21,22)15-12-10-8-6-4-2-1-3-5-7-9-11-13-17-24-18-14-16-23/h23H,1-11,13-14,16-18H2. The second-order valence-electron chi connectivity index (χ2n) is 6.13. The van der Waals surface area contributed by atoms with Crippen LogP contribution >= 0.6 is 0 Å². The molecule has 0 heterocycles. The van der Waals surface area contributed by atoms with E-state index in [1.54, 1.807) is 0 Å². The zero-order valence-electron chi connectivity index (χ0n) is 14.8. The summed E-state index contributed by atoms with van der Waals surface area (Å²) in [4.78, 5) is 0. The first-order valence-corrected chi connectivity index (χ1v) is 9.31. The molecule has 0 aromatic rings. The second kappa shape index (κ2) is 17.1. The number of unbranched alkanes of at least 4 members (excludes halogenated alkanes) is 11. The lowest BCUT2D eigenvalue weighted by Gasteiger charge is -2.04. The van der Waals surface area contributed by atoms with E-state index in [1.807, 2.05) is 0 Å². The van der Waals surface area contributed by atoms with E-state index in [0.29, 0.717) is 13.0 Å². The van der Waals surface area contributed by atoms with Gasteiger partial charge in [-0.1, -0.05) is 63.7 Å². The molecule has 0 saturated carbocycles. The van der Waals surface area contributed by atoms with Gasteiger partial charge in [0, 0.05) is 32.2 Å². The second-order valence-corrected chi connectivity index (χ2v) is 6.13. The Hall–Kier alpha value is -0.730. The molecule has 0 aromatic carbocycles. The topological polar surface area (TPSA) is 29.5 Å². The highest BCUT2D eigenvalue weighted by Gasteiger charge is 2.22. The summed E-state index contributed by atoms with van der Waals surface area (Å²) < 4.78 is 40.7. The van der Waals surface area contributed by atoms with Gasteiger partial charge in [-0.05, 0) is 19.3 Å². The average Bonchev–Trinajstić information content (AvgIpc) is 2.52. The molecule has 1 N–H and O–H groups in total. The molecule has 0 rings (SSSR count). The number of ether oxygens (including phenoxy) is 1. The van der Waals surface area contributed by atoms with Gasteiger partial charge in [0.05, 0.1) is 0 Å². The Balaban J connectivity index is 3.09. The largest absolute Gasteiger partial charge is 0.457 e. The first-order valence-electron chi connectivity index (χ1n) is 9.31. The Morgan fingerprint density at radius 2 is 1.12 bits per heavy atom. The summed E-state index contributed by atoms with van der Waals surface area (Å²) in [7, 11) is 0. The third kappa shape index (κ3) is 21.3. The Bertz CT molecular complexity index is 319. The van der Waals surface area contributed by atoms with Crippen LogP contribution in [0, 0.1) is 11.8 Å².